The second-order valence-corrected chi connectivity index (χ2v) is 5.67. The summed E-state index contributed by atoms with van der Waals surface area (Å²) >= 11 is 0. The molecule has 0 amide bonds. The summed E-state index contributed by atoms with van der Waals surface area (Å²) in [7, 11) is 0. The maximum Gasteiger partial charge on any atom is 0.203 e. The molecule has 1 aliphatic carbocycles. The van der Waals surface area contributed by atoms with Crippen LogP contribution in [-0.4, -0.2) is 14.5 Å². The lowest BCUT2D eigenvalue weighted by molar-refractivity contribution is 0.522. The van der Waals surface area contributed by atoms with Gasteiger partial charge in [-0.05, 0) is 38.3 Å². The number of aromatic nitrogens is 3. The lowest BCUT2D eigenvalue weighted by atomic mass is 10.2. The second-order valence-electron chi connectivity index (χ2n) is 5.67. The van der Waals surface area contributed by atoms with Crippen molar-refractivity contribution in [3.05, 3.63) is 41.5 Å². The van der Waals surface area contributed by atoms with Crippen LogP contribution in [-0.2, 0) is 6.54 Å². The van der Waals surface area contributed by atoms with Gasteiger partial charge in [-0.15, -0.1) is 0 Å². The summed E-state index contributed by atoms with van der Waals surface area (Å²) in [6.45, 7) is 4.89. The number of pyridine rings is 1. The molecule has 106 valence electrons. The zero-order chi connectivity index (χ0) is 13.9. The molecule has 1 saturated carbocycles. The third-order valence-electron chi connectivity index (χ3n) is 4.10. The number of rotatable bonds is 4. The van der Waals surface area contributed by atoms with Crippen molar-refractivity contribution in [3.8, 4) is 0 Å². The molecule has 0 aromatic carbocycles. The van der Waals surface area contributed by atoms with E-state index in [4.69, 9.17) is 0 Å². The quantitative estimate of drug-likeness (QED) is 0.922. The average Bonchev–Trinajstić information content (AvgIpc) is 3.07. The minimum atomic E-state index is 0.614. The molecule has 0 radical (unpaired) electrons. The van der Waals surface area contributed by atoms with Crippen molar-refractivity contribution >= 4 is 5.95 Å². The van der Waals surface area contributed by atoms with E-state index >= 15 is 0 Å². The van der Waals surface area contributed by atoms with Crippen LogP contribution in [0, 0.1) is 13.8 Å². The number of imidazole rings is 1. The highest BCUT2D eigenvalue weighted by molar-refractivity contribution is 5.32. The van der Waals surface area contributed by atoms with Crippen LogP contribution in [0.25, 0.3) is 0 Å². The van der Waals surface area contributed by atoms with E-state index in [1.54, 1.807) is 0 Å². The van der Waals surface area contributed by atoms with Gasteiger partial charge in [0.15, 0.2) is 0 Å². The van der Waals surface area contributed by atoms with Crippen molar-refractivity contribution in [2.45, 2.75) is 52.1 Å². The van der Waals surface area contributed by atoms with E-state index in [-0.39, 0.29) is 0 Å². The number of nitrogens with zero attached hydrogens (tertiary/aromatic N) is 3. The van der Waals surface area contributed by atoms with E-state index in [0.29, 0.717) is 6.04 Å². The molecule has 1 N–H and O–H groups in total. The maximum atomic E-state index is 4.62. The van der Waals surface area contributed by atoms with E-state index in [1.165, 1.54) is 31.2 Å². The first-order valence-electron chi connectivity index (χ1n) is 7.44. The molecule has 4 nitrogen and oxygen atoms in total. The first-order valence-corrected chi connectivity index (χ1v) is 7.44. The molecule has 3 rings (SSSR count). The Morgan fingerprint density at radius 3 is 2.85 bits per heavy atom. The Kier molecular flexibility index (Phi) is 3.72. The Balaban J connectivity index is 1.75. The summed E-state index contributed by atoms with van der Waals surface area (Å²) in [6, 6.07) is 4.68. The normalized spacial score (nSPS) is 15.7. The van der Waals surface area contributed by atoms with E-state index in [9.17, 15) is 0 Å². The standard InChI is InChI=1S/C16H22N4/c1-12-6-5-9-17-15(12)10-18-16-19-13(2)11-20(16)14-7-3-4-8-14/h5-6,9,11,14H,3-4,7-8,10H2,1-2H3,(H,18,19). The van der Waals surface area contributed by atoms with Crippen molar-refractivity contribution in [1.29, 1.82) is 0 Å². The fourth-order valence-electron chi connectivity index (χ4n) is 2.97. The number of nitrogens with one attached hydrogen (secondary N) is 1. The fourth-order valence-corrected chi connectivity index (χ4v) is 2.97. The molecule has 0 bridgehead atoms. The number of hydrogen-bond acceptors (Lipinski definition) is 3. The predicted molar refractivity (Wildman–Crippen MR) is 80.8 cm³/mol. The lowest BCUT2D eigenvalue weighted by Crippen LogP contribution is -2.11. The predicted octanol–water partition coefficient (Wildman–Crippen LogP) is 3.62. The van der Waals surface area contributed by atoms with Crippen molar-refractivity contribution in [2.75, 3.05) is 5.32 Å². The highest BCUT2D eigenvalue weighted by Gasteiger charge is 2.20. The van der Waals surface area contributed by atoms with E-state index < -0.39 is 0 Å². The summed E-state index contributed by atoms with van der Waals surface area (Å²) in [4.78, 5) is 9.05. The maximum absolute atomic E-state index is 4.62. The van der Waals surface area contributed by atoms with Gasteiger partial charge >= 0.3 is 0 Å². The summed E-state index contributed by atoms with van der Waals surface area (Å²) in [6.07, 6.45) is 9.23. The van der Waals surface area contributed by atoms with E-state index in [0.717, 1.165) is 23.9 Å². The van der Waals surface area contributed by atoms with Crippen molar-refractivity contribution in [1.82, 2.24) is 14.5 Å². The molecule has 0 spiro atoms. The van der Waals surface area contributed by atoms with Gasteiger partial charge in [-0.1, -0.05) is 18.9 Å². The summed E-state index contributed by atoms with van der Waals surface area (Å²) in [5.74, 6) is 0.986. The molecule has 0 atom stereocenters. The average molecular weight is 270 g/mol. The molecule has 4 heteroatoms. The third kappa shape index (κ3) is 2.69. The van der Waals surface area contributed by atoms with Crippen molar-refractivity contribution < 1.29 is 0 Å². The molecule has 1 fully saturated rings. The van der Waals surface area contributed by atoms with Gasteiger partial charge < -0.3 is 9.88 Å². The molecule has 2 aromatic heterocycles. The molecular weight excluding hydrogens is 248 g/mol. The smallest absolute Gasteiger partial charge is 0.203 e. The van der Waals surface area contributed by atoms with Gasteiger partial charge in [0.25, 0.3) is 0 Å². The molecule has 2 aromatic rings. The zero-order valence-corrected chi connectivity index (χ0v) is 12.3. The Morgan fingerprint density at radius 2 is 2.10 bits per heavy atom. The van der Waals surface area contributed by atoms with Crippen LogP contribution >= 0.6 is 0 Å². The molecule has 1 aliphatic rings. The summed E-state index contributed by atoms with van der Waals surface area (Å²) in [5.41, 5.74) is 3.39. The van der Waals surface area contributed by atoms with Gasteiger partial charge in [-0.3, -0.25) is 4.98 Å². The van der Waals surface area contributed by atoms with Gasteiger partial charge in [-0.2, -0.15) is 0 Å². The first-order chi connectivity index (χ1) is 9.74. The Labute approximate surface area is 120 Å². The van der Waals surface area contributed by atoms with Crippen LogP contribution in [0.15, 0.2) is 24.5 Å². The van der Waals surface area contributed by atoms with Gasteiger partial charge in [-0.25, -0.2) is 4.98 Å². The van der Waals surface area contributed by atoms with E-state index in [1.807, 2.05) is 12.3 Å². The lowest BCUT2D eigenvalue weighted by Gasteiger charge is -2.15. The Bertz CT molecular complexity index is 582. The van der Waals surface area contributed by atoms with Crippen LogP contribution in [0.2, 0.25) is 0 Å². The molecule has 2 heterocycles. The second kappa shape index (κ2) is 5.65. The monoisotopic (exact) mass is 270 g/mol. The van der Waals surface area contributed by atoms with Crippen LogP contribution in [0.1, 0.15) is 48.7 Å². The summed E-state index contributed by atoms with van der Waals surface area (Å²) < 4.78 is 2.32. The molecule has 0 saturated heterocycles. The van der Waals surface area contributed by atoms with Crippen molar-refractivity contribution in [2.24, 2.45) is 0 Å². The third-order valence-corrected chi connectivity index (χ3v) is 4.10. The molecule has 0 unspecified atom stereocenters. The van der Waals surface area contributed by atoms with Crippen LogP contribution < -0.4 is 5.32 Å². The van der Waals surface area contributed by atoms with Gasteiger partial charge in [0.1, 0.15) is 0 Å². The van der Waals surface area contributed by atoms with Gasteiger partial charge in [0, 0.05) is 18.4 Å². The van der Waals surface area contributed by atoms with Crippen molar-refractivity contribution in [3.63, 3.8) is 0 Å². The largest absolute Gasteiger partial charge is 0.350 e. The van der Waals surface area contributed by atoms with Crippen LogP contribution in [0.3, 0.4) is 0 Å². The minimum Gasteiger partial charge on any atom is -0.350 e. The topological polar surface area (TPSA) is 42.7 Å². The van der Waals surface area contributed by atoms with E-state index in [2.05, 4.69) is 46.0 Å². The SMILES string of the molecule is Cc1cn(C2CCCC2)c(NCc2ncccc2C)n1. The highest BCUT2D eigenvalue weighted by Crippen LogP contribution is 2.32. The molecular formula is C16H22N4. The number of anilines is 1. The van der Waals surface area contributed by atoms with Gasteiger partial charge in [0.05, 0.1) is 17.9 Å². The molecule has 20 heavy (non-hydrogen) atoms. The Morgan fingerprint density at radius 1 is 1.30 bits per heavy atom. The number of hydrogen-bond donors (Lipinski definition) is 1. The molecule has 0 aliphatic heterocycles. The Hall–Kier alpha value is -1.84. The van der Waals surface area contributed by atoms with Crippen LogP contribution in [0.4, 0.5) is 5.95 Å². The van der Waals surface area contributed by atoms with Crippen LogP contribution in [0.5, 0.6) is 0 Å². The minimum absolute atomic E-state index is 0.614. The zero-order valence-electron chi connectivity index (χ0n) is 12.3. The van der Waals surface area contributed by atoms with Gasteiger partial charge in [0.2, 0.25) is 5.95 Å². The fraction of sp³-hybridized carbons (Fsp3) is 0.500. The highest BCUT2D eigenvalue weighted by atomic mass is 15.2. The number of aryl methyl sites for hydroxylation is 2. The summed E-state index contributed by atoms with van der Waals surface area (Å²) in [5, 5.41) is 3.46. The first kappa shape index (κ1) is 13.2.